The summed E-state index contributed by atoms with van der Waals surface area (Å²) >= 11 is 0. The highest BCUT2D eigenvalue weighted by atomic mass is 16.2. The molecule has 1 amide bonds. The predicted octanol–water partition coefficient (Wildman–Crippen LogP) is 0.470. The van der Waals surface area contributed by atoms with Gasteiger partial charge in [0.25, 0.3) is 0 Å². The quantitative estimate of drug-likeness (QED) is 0.668. The van der Waals surface area contributed by atoms with Crippen LogP contribution in [0.4, 0.5) is 0 Å². The van der Waals surface area contributed by atoms with E-state index in [9.17, 15) is 4.79 Å². The van der Waals surface area contributed by atoms with E-state index in [0.29, 0.717) is 5.91 Å². The first-order valence-electron chi connectivity index (χ1n) is 7.82. The molecule has 0 bridgehead atoms. The molecule has 0 saturated carbocycles. The van der Waals surface area contributed by atoms with Gasteiger partial charge in [0.05, 0.1) is 6.04 Å². The van der Waals surface area contributed by atoms with Crippen molar-refractivity contribution in [2.45, 2.75) is 31.7 Å². The lowest BCUT2D eigenvalue weighted by molar-refractivity contribution is -0.133. The summed E-state index contributed by atoms with van der Waals surface area (Å²) in [5.41, 5.74) is 0. The van der Waals surface area contributed by atoms with Gasteiger partial charge in [-0.3, -0.25) is 4.79 Å². The average Bonchev–Trinajstić information content (AvgIpc) is 2.89. The fourth-order valence-electron chi connectivity index (χ4n) is 2.60. The minimum atomic E-state index is 0.0636. The fourth-order valence-corrected chi connectivity index (χ4v) is 2.60. The molecule has 1 heterocycles. The summed E-state index contributed by atoms with van der Waals surface area (Å²) in [5, 5.41) is 3.32. The maximum atomic E-state index is 12.5. The zero-order valence-electron chi connectivity index (χ0n) is 13.7. The summed E-state index contributed by atoms with van der Waals surface area (Å²) in [6, 6.07) is 0.0636. The van der Waals surface area contributed by atoms with E-state index in [-0.39, 0.29) is 6.04 Å². The molecule has 0 spiro atoms. The van der Waals surface area contributed by atoms with Crippen molar-refractivity contribution >= 4 is 5.91 Å². The van der Waals surface area contributed by atoms with Gasteiger partial charge >= 0.3 is 0 Å². The largest absolute Gasteiger partial charge is 0.341 e. The van der Waals surface area contributed by atoms with Crippen LogP contribution in [0.3, 0.4) is 0 Å². The van der Waals surface area contributed by atoms with Crippen LogP contribution in [0.25, 0.3) is 0 Å². The van der Waals surface area contributed by atoms with Gasteiger partial charge in [0, 0.05) is 13.1 Å². The first-order chi connectivity index (χ1) is 9.50. The number of nitrogens with zero attached hydrogens (tertiary/aromatic N) is 3. The molecular formula is C15H32N4O. The van der Waals surface area contributed by atoms with E-state index in [4.69, 9.17) is 0 Å². The molecule has 0 aromatic heterocycles. The van der Waals surface area contributed by atoms with Crippen molar-refractivity contribution in [2.75, 3.05) is 60.9 Å². The number of carbonyl (C=O) groups is 1. The van der Waals surface area contributed by atoms with Crippen molar-refractivity contribution in [3.05, 3.63) is 0 Å². The summed E-state index contributed by atoms with van der Waals surface area (Å²) < 4.78 is 0. The summed E-state index contributed by atoms with van der Waals surface area (Å²) in [5.74, 6) is 0.306. The number of hydrogen-bond acceptors (Lipinski definition) is 4. The second kappa shape index (κ2) is 9.32. The Morgan fingerprint density at radius 1 is 1.00 bits per heavy atom. The van der Waals surface area contributed by atoms with E-state index in [1.807, 2.05) is 0 Å². The standard InChI is InChI=1S/C15H32N4O/c1-17(2)10-6-12-19(13-7-11-18(3)4)15(20)14-8-5-9-16-14/h14,16H,5-13H2,1-4H3/t14-/m0/s1. The number of nitrogens with one attached hydrogen (secondary N) is 1. The highest BCUT2D eigenvalue weighted by Gasteiger charge is 2.26. The number of rotatable bonds is 9. The van der Waals surface area contributed by atoms with Gasteiger partial charge in [-0.1, -0.05) is 0 Å². The molecule has 0 aromatic carbocycles. The zero-order valence-corrected chi connectivity index (χ0v) is 13.7. The molecule has 1 aliphatic rings. The molecule has 1 saturated heterocycles. The maximum Gasteiger partial charge on any atom is 0.239 e. The van der Waals surface area contributed by atoms with Crippen LogP contribution in [-0.2, 0) is 4.79 Å². The molecule has 0 aliphatic carbocycles. The van der Waals surface area contributed by atoms with Gasteiger partial charge in [0.2, 0.25) is 5.91 Å². The van der Waals surface area contributed by atoms with Gasteiger partial charge in [0.1, 0.15) is 0 Å². The summed E-state index contributed by atoms with van der Waals surface area (Å²) in [4.78, 5) is 19.0. The van der Waals surface area contributed by atoms with Gasteiger partial charge in [-0.2, -0.15) is 0 Å². The number of amides is 1. The van der Waals surface area contributed by atoms with Gasteiger partial charge in [0.15, 0.2) is 0 Å². The third-order valence-corrected chi connectivity index (χ3v) is 3.74. The van der Waals surface area contributed by atoms with Crippen molar-refractivity contribution < 1.29 is 4.79 Å². The number of carbonyl (C=O) groups excluding carboxylic acids is 1. The maximum absolute atomic E-state index is 12.5. The number of hydrogen-bond donors (Lipinski definition) is 1. The Kier molecular flexibility index (Phi) is 8.11. The molecule has 118 valence electrons. The Balaban J connectivity index is 2.41. The molecule has 0 unspecified atom stereocenters. The topological polar surface area (TPSA) is 38.8 Å². The van der Waals surface area contributed by atoms with Gasteiger partial charge in [-0.25, -0.2) is 0 Å². The van der Waals surface area contributed by atoms with E-state index in [0.717, 1.165) is 58.4 Å². The highest BCUT2D eigenvalue weighted by Crippen LogP contribution is 2.10. The van der Waals surface area contributed by atoms with E-state index in [1.54, 1.807) is 0 Å². The van der Waals surface area contributed by atoms with Crippen molar-refractivity contribution in [3.63, 3.8) is 0 Å². The minimum absolute atomic E-state index is 0.0636. The summed E-state index contributed by atoms with van der Waals surface area (Å²) in [7, 11) is 8.32. The van der Waals surface area contributed by atoms with Gasteiger partial charge in [-0.15, -0.1) is 0 Å². The normalized spacial score (nSPS) is 19.0. The van der Waals surface area contributed by atoms with Crippen LogP contribution >= 0.6 is 0 Å². The fraction of sp³-hybridized carbons (Fsp3) is 0.933. The van der Waals surface area contributed by atoms with Crippen molar-refractivity contribution in [1.29, 1.82) is 0 Å². The van der Waals surface area contributed by atoms with Gasteiger partial charge in [-0.05, 0) is 73.5 Å². The smallest absolute Gasteiger partial charge is 0.239 e. The molecule has 5 nitrogen and oxygen atoms in total. The Morgan fingerprint density at radius 3 is 1.95 bits per heavy atom. The second-order valence-electron chi connectivity index (χ2n) is 6.29. The SMILES string of the molecule is CN(C)CCCN(CCCN(C)C)C(=O)[C@@H]1CCCN1. The first kappa shape index (κ1) is 17.4. The minimum Gasteiger partial charge on any atom is -0.341 e. The summed E-state index contributed by atoms with van der Waals surface area (Å²) in [6.07, 6.45) is 4.22. The van der Waals surface area contributed by atoms with Crippen LogP contribution < -0.4 is 5.32 Å². The molecule has 1 fully saturated rings. The lowest BCUT2D eigenvalue weighted by Gasteiger charge is -2.27. The van der Waals surface area contributed by atoms with Crippen LogP contribution in [0.1, 0.15) is 25.7 Å². The Labute approximate surface area is 124 Å². The Bertz CT molecular complexity index is 261. The molecule has 1 aliphatic heterocycles. The Hall–Kier alpha value is -0.650. The first-order valence-corrected chi connectivity index (χ1v) is 7.82. The van der Waals surface area contributed by atoms with E-state index in [1.165, 1.54) is 0 Å². The van der Waals surface area contributed by atoms with Gasteiger partial charge < -0.3 is 20.0 Å². The van der Waals surface area contributed by atoms with Crippen LogP contribution in [0.15, 0.2) is 0 Å². The van der Waals surface area contributed by atoms with Crippen molar-refractivity contribution in [2.24, 2.45) is 0 Å². The summed E-state index contributed by atoms with van der Waals surface area (Å²) in [6.45, 7) is 4.82. The molecule has 1 N–H and O–H groups in total. The molecule has 20 heavy (non-hydrogen) atoms. The zero-order chi connectivity index (χ0) is 15.0. The third-order valence-electron chi connectivity index (χ3n) is 3.74. The molecule has 0 aromatic rings. The van der Waals surface area contributed by atoms with E-state index < -0.39 is 0 Å². The monoisotopic (exact) mass is 284 g/mol. The van der Waals surface area contributed by atoms with Crippen molar-refractivity contribution in [1.82, 2.24) is 20.0 Å². The molecular weight excluding hydrogens is 252 g/mol. The van der Waals surface area contributed by atoms with E-state index >= 15 is 0 Å². The average molecular weight is 284 g/mol. The molecule has 1 atom stereocenters. The van der Waals surface area contributed by atoms with Crippen LogP contribution in [0.2, 0.25) is 0 Å². The highest BCUT2D eigenvalue weighted by molar-refractivity contribution is 5.82. The molecule has 5 heteroatoms. The van der Waals surface area contributed by atoms with Crippen LogP contribution in [0, 0.1) is 0 Å². The van der Waals surface area contributed by atoms with Crippen LogP contribution in [-0.4, -0.2) is 87.6 Å². The van der Waals surface area contributed by atoms with Crippen molar-refractivity contribution in [3.8, 4) is 0 Å². The van der Waals surface area contributed by atoms with Crippen LogP contribution in [0.5, 0.6) is 0 Å². The lowest BCUT2D eigenvalue weighted by Crippen LogP contribution is -2.45. The molecule has 1 rings (SSSR count). The third kappa shape index (κ3) is 6.68. The second-order valence-corrected chi connectivity index (χ2v) is 6.29. The van der Waals surface area contributed by atoms with E-state index in [2.05, 4.69) is 48.2 Å². The molecule has 0 radical (unpaired) electrons. The predicted molar refractivity (Wildman–Crippen MR) is 83.9 cm³/mol. The Morgan fingerprint density at radius 2 is 1.55 bits per heavy atom. The lowest BCUT2D eigenvalue weighted by atomic mass is 10.2.